The van der Waals surface area contributed by atoms with Gasteiger partial charge in [0.25, 0.3) is 5.91 Å². The van der Waals surface area contributed by atoms with E-state index in [1.165, 1.54) is 34.5 Å². The molecule has 0 spiro atoms. The number of carbonyl (C=O) groups is 2. The highest BCUT2D eigenvalue weighted by Crippen LogP contribution is 2.37. The van der Waals surface area contributed by atoms with Crippen molar-refractivity contribution in [3.8, 4) is 16.6 Å². The van der Waals surface area contributed by atoms with Gasteiger partial charge >= 0.3 is 5.97 Å². The summed E-state index contributed by atoms with van der Waals surface area (Å²) in [5, 5.41) is 17.7. The molecule has 3 aromatic heterocycles. The van der Waals surface area contributed by atoms with E-state index >= 15 is 0 Å². The van der Waals surface area contributed by atoms with Gasteiger partial charge in [-0.05, 0) is 56.5 Å². The van der Waals surface area contributed by atoms with Crippen LogP contribution in [0.1, 0.15) is 57.6 Å². The maximum atomic E-state index is 12.7. The van der Waals surface area contributed by atoms with Crippen LogP contribution in [-0.4, -0.2) is 23.0 Å². The molecule has 0 aliphatic heterocycles. The van der Waals surface area contributed by atoms with E-state index in [9.17, 15) is 14.9 Å². The van der Waals surface area contributed by atoms with Crippen molar-refractivity contribution in [2.75, 3.05) is 5.32 Å². The predicted molar refractivity (Wildman–Crippen MR) is 124 cm³/mol. The minimum Gasteiger partial charge on any atom is -0.448 e. The summed E-state index contributed by atoms with van der Waals surface area (Å²) in [5.74, 6) is -1.01. The number of esters is 1. The first-order chi connectivity index (χ1) is 15.0. The molecule has 0 bridgehead atoms. The molecule has 3 aromatic rings. The fourth-order valence-corrected chi connectivity index (χ4v) is 6.43. The zero-order chi connectivity index (χ0) is 22.0. The van der Waals surface area contributed by atoms with E-state index in [-0.39, 0.29) is 0 Å². The molecule has 3 heterocycles. The van der Waals surface area contributed by atoms with Gasteiger partial charge in [0.2, 0.25) is 0 Å². The Morgan fingerprint density at radius 3 is 2.81 bits per heavy atom. The maximum Gasteiger partial charge on any atom is 0.351 e. The van der Waals surface area contributed by atoms with Crippen LogP contribution in [0, 0.1) is 18.3 Å². The molecule has 0 fully saturated rings. The van der Waals surface area contributed by atoms with Crippen LogP contribution in [0.2, 0.25) is 0 Å². The summed E-state index contributed by atoms with van der Waals surface area (Å²) in [6.07, 6.45) is 4.12. The predicted octanol–water partition coefficient (Wildman–Crippen LogP) is 5.57. The standard InChI is InChI=1S/C22H21N3O3S3/c1-12-18(31-20(24-12)14-8-9-29-11-14)22(27)28-13(2)19(26)25-21-16(10-23)15-6-4-3-5-7-17(15)30-21/h8-9,11,13H,3-7H2,1-2H3,(H,25,26). The van der Waals surface area contributed by atoms with Gasteiger partial charge in [-0.15, -0.1) is 22.7 Å². The van der Waals surface area contributed by atoms with Crippen LogP contribution in [0.3, 0.4) is 0 Å². The number of fused-ring (bicyclic) bond motifs is 1. The molecule has 1 unspecified atom stereocenters. The summed E-state index contributed by atoms with van der Waals surface area (Å²) in [7, 11) is 0. The van der Waals surface area contributed by atoms with Crippen molar-refractivity contribution in [2.24, 2.45) is 0 Å². The van der Waals surface area contributed by atoms with Crippen LogP contribution >= 0.6 is 34.0 Å². The molecular formula is C22H21N3O3S3. The summed E-state index contributed by atoms with van der Waals surface area (Å²) in [6.45, 7) is 3.29. The molecule has 0 aromatic carbocycles. The maximum absolute atomic E-state index is 12.7. The van der Waals surface area contributed by atoms with E-state index in [0.29, 0.717) is 21.1 Å². The van der Waals surface area contributed by atoms with Crippen molar-refractivity contribution >= 4 is 50.9 Å². The molecule has 9 heteroatoms. The highest BCUT2D eigenvalue weighted by Gasteiger charge is 2.26. The largest absolute Gasteiger partial charge is 0.448 e. The first-order valence-corrected chi connectivity index (χ1v) is 12.6. The summed E-state index contributed by atoms with van der Waals surface area (Å²) in [5.41, 5.74) is 3.15. The molecule has 0 radical (unpaired) electrons. The summed E-state index contributed by atoms with van der Waals surface area (Å²) < 4.78 is 5.42. The van der Waals surface area contributed by atoms with Crippen LogP contribution < -0.4 is 5.32 Å². The second kappa shape index (κ2) is 9.30. The van der Waals surface area contributed by atoms with Gasteiger partial charge in [-0.3, -0.25) is 4.79 Å². The lowest BCUT2D eigenvalue weighted by Gasteiger charge is -2.12. The lowest BCUT2D eigenvalue weighted by atomic mass is 10.1. The monoisotopic (exact) mass is 471 g/mol. The number of nitrogens with zero attached hydrogens (tertiary/aromatic N) is 2. The number of aryl methyl sites for hydroxylation is 2. The number of thiophene rings is 2. The summed E-state index contributed by atoms with van der Waals surface area (Å²) >= 11 is 4.28. The Balaban J connectivity index is 1.45. The third-order valence-electron chi connectivity index (χ3n) is 5.17. The van der Waals surface area contributed by atoms with E-state index in [2.05, 4.69) is 16.4 Å². The van der Waals surface area contributed by atoms with Crippen LogP contribution in [0.15, 0.2) is 16.8 Å². The highest BCUT2D eigenvalue weighted by atomic mass is 32.1. The fraction of sp³-hybridized carbons (Fsp3) is 0.364. The third-order valence-corrected chi connectivity index (χ3v) is 8.25. The van der Waals surface area contributed by atoms with Gasteiger partial charge in [-0.2, -0.15) is 16.6 Å². The number of aromatic nitrogens is 1. The molecule has 0 saturated heterocycles. The van der Waals surface area contributed by atoms with Crippen molar-refractivity contribution < 1.29 is 14.3 Å². The van der Waals surface area contributed by atoms with Gasteiger partial charge in [0.15, 0.2) is 6.10 Å². The van der Waals surface area contributed by atoms with E-state index in [0.717, 1.165) is 48.2 Å². The van der Waals surface area contributed by atoms with Crippen molar-refractivity contribution in [3.63, 3.8) is 0 Å². The molecule has 31 heavy (non-hydrogen) atoms. The number of hydrogen-bond donors (Lipinski definition) is 1. The Bertz CT molecular complexity index is 1160. The normalized spacial score (nSPS) is 14.2. The van der Waals surface area contributed by atoms with Gasteiger partial charge < -0.3 is 10.1 Å². The fourth-order valence-electron chi connectivity index (χ4n) is 3.53. The van der Waals surface area contributed by atoms with E-state index in [1.807, 2.05) is 16.8 Å². The number of rotatable bonds is 5. The van der Waals surface area contributed by atoms with Gasteiger partial charge in [-0.25, -0.2) is 9.78 Å². The molecule has 1 aliphatic carbocycles. The average molecular weight is 472 g/mol. The zero-order valence-corrected chi connectivity index (χ0v) is 19.6. The van der Waals surface area contributed by atoms with E-state index in [1.54, 1.807) is 18.3 Å². The number of amides is 1. The van der Waals surface area contributed by atoms with Gasteiger partial charge in [0, 0.05) is 15.8 Å². The Kier molecular flexibility index (Phi) is 6.51. The number of anilines is 1. The van der Waals surface area contributed by atoms with Crippen LogP contribution in [0.5, 0.6) is 0 Å². The molecule has 160 valence electrons. The van der Waals surface area contributed by atoms with Crippen molar-refractivity contribution in [1.29, 1.82) is 5.26 Å². The molecule has 1 N–H and O–H groups in total. The molecule has 1 amide bonds. The van der Waals surface area contributed by atoms with Crippen molar-refractivity contribution in [3.05, 3.63) is 43.4 Å². The average Bonchev–Trinajstić information content (AvgIpc) is 3.44. The Labute approximate surface area is 192 Å². The molecule has 1 aliphatic rings. The van der Waals surface area contributed by atoms with Crippen LogP contribution in [0.4, 0.5) is 5.00 Å². The quantitative estimate of drug-likeness (QED) is 0.388. The molecule has 6 nitrogen and oxygen atoms in total. The highest BCUT2D eigenvalue weighted by molar-refractivity contribution is 7.17. The second-order valence-corrected chi connectivity index (χ2v) is 10.2. The number of thiazole rings is 1. The smallest absolute Gasteiger partial charge is 0.351 e. The van der Waals surface area contributed by atoms with Crippen molar-refractivity contribution in [1.82, 2.24) is 4.98 Å². The minimum absolute atomic E-state index is 0.390. The lowest BCUT2D eigenvalue weighted by Crippen LogP contribution is -2.29. The molecule has 0 saturated carbocycles. The van der Waals surface area contributed by atoms with Gasteiger partial charge in [0.05, 0.1) is 11.3 Å². The lowest BCUT2D eigenvalue weighted by molar-refractivity contribution is -0.123. The Morgan fingerprint density at radius 1 is 1.26 bits per heavy atom. The zero-order valence-electron chi connectivity index (χ0n) is 17.2. The third kappa shape index (κ3) is 4.56. The minimum atomic E-state index is -0.993. The molecular weight excluding hydrogens is 450 g/mol. The van der Waals surface area contributed by atoms with Crippen LogP contribution in [-0.2, 0) is 22.4 Å². The number of carbonyl (C=O) groups excluding carboxylic acids is 2. The van der Waals surface area contributed by atoms with Gasteiger partial charge in [0.1, 0.15) is 21.0 Å². The topological polar surface area (TPSA) is 92.1 Å². The second-order valence-electron chi connectivity index (χ2n) is 7.36. The Morgan fingerprint density at radius 2 is 2.06 bits per heavy atom. The van der Waals surface area contributed by atoms with Gasteiger partial charge in [-0.1, -0.05) is 6.42 Å². The molecule has 1 atom stereocenters. The Hall–Kier alpha value is -2.54. The van der Waals surface area contributed by atoms with E-state index < -0.39 is 18.0 Å². The SMILES string of the molecule is Cc1nc(-c2ccsc2)sc1C(=O)OC(C)C(=O)Nc1sc2c(c1C#N)CCCCC2. The number of nitriles is 1. The summed E-state index contributed by atoms with van der Waals surface area (Å²) in [4.78, 5) is 31.4. The van der Waals surface area contributed by atoms with Crippen molar-refractivity contribution in [2.45, 2.75) is 52.1 Å². The summed E-state index contributed by atoms with van der Waals surface area (Å²) in [6, 6.07) is 4.20. The number of ether oxygens (including phenoxy) is 1. The number of nitrogens with one attached hydrogen (secondary N) is 1. The van der Waals surface area contributed by atoms with E-state index in [4.69, 9.17) is 4.74 Å². The first kappa shape index (κ1) is 21.7. The number of hydrogen-bond acceptors (Lipinski definition) is 8. The first-order valence-electron chi connectivity index (χ1n) is 10.0. The van der Waals surface area contributed by atoms with Crippen LogP contribution in [0.25, 0.3) is 10.6 Å². The molecule has 4 rings (SSSR count).